The highest BCUT2D eigenvalue weighted by Crippen LogP contribution is 2.16. The molecule has 0 radical (unpaired) electrons. The van der Waals surface area contributed by atoms with Crippen LogP contribution >= 0.6 is 0 Å². The number of benzene rings is 1. The van der Waals surface area contributed by atoms with Gasteiger partial charge in [0.15, 0.2) is 0 Å². The van der Waals surface area contributed by atoms with E-state index in [2.05, 4.69) is 43.1 Å². The molecule has 0 bridgehead atoms. The quantitative estimate of drug-likeness (QED) is 0.837. The lowest BCUT2D eigenvalue weighted by Gasteiger charge is -2.35. The summed E-state index contributed by atoms with van der Waals surface area (Å²) in [7, 11) is 0. The predicted octanol–water partition coefficient (Wildman–Crippen LogP) is 3.00. The first-order valence-corrected chi connectivity index (χ1v) is 8.01. The second-order valence-electron chi connectivity index (χ2n) is 5.84. The van der Waals surface area contributed by atoms with Crippen LogP contribution < -0.4 is 10.1 Å². The number of rotatable bonds is 7. The fourth-order valence-corrected chi connectivity index (χ4v) is 2.46. The van der Waals surface area contributed by atoms with Crippen molar-refractivity contribution in [2.75, 3.05) is 38.2 Å². The summed E-state index contributed by atoms with van der Waals surface area (Å²) in [4.78, 5) is 2.47. The van der Waals surface area contributed by atoms with E-state index in [0.717, 1.165) is 50.7 Å². The minimum Gasteiger partial charge on any atom is -0.494 e. The van der Waals surface area contributed by atoms with Crippen molar-refractivity contribution < 1.29 is 9.47 Å². The highest BCUT2D eigenvalue weighted by atomic mass is 16.5. The minimum absolute atomic E-state index is 0.261. The second kappa shape index (κ2) is 8.25. The Hall–Kier alpha value is -1.26. The summed E-state index contributed by atoms with van der Waals surface area (Å²) in [6.07, 6.45) is 1.29. The van der Waals surface area contributed by atoms with Gasteiger partial charge in [-0.3, -0.25) is 4.90 Å². The molecule has 1 N–H and O–H groups in total. The van der Waals surface area contributed by atoms with Crippen molar-refractivity contribution in [2.24, 2.45) is 0 Å². The van der Waals surface area contributed by atoms with Crippen LogP contribution in [0.5, 0.6) is 5.75 Å². The minimum atomic E-state index is 0.261. The van der Waals surface area contributed by atoms with E-state index in [9.17, 15) is 0 Å². The van der Waals surface area contributed by atoms with Crippen LogP contribution in [0, 0.1) is 0 Å². The van der Waals surface area contributed by atoms with Gasteiger partial charge >= 0.3 is 0 Å². The van der Waals surface area contributed by atoms with Crippen LogP contribution in [0.2, 0.25) is 0 Å². The Morgan fingerprint density at radius 3 is 2.76 bits per heavy atom. The maximum atomic E-state index is 5.83. The van der Waals surface area contributed by atoms with Gasteiger partial charge in [-0.1, -0.05) is 6.92 Å². The zero-order chi connectivity index (χ0) is 15.1. The van der Waals surface area contributed by atoms with Gasteiger partial charge in [0.1, 0.15) is 5.75 Å². The number of nitrogens with one attached hydrogen (secondary N) is 1. The molecule has 1 fully saturated rings. The summed E-state index contributed by atoms with van der Waals surface area (Å²) in [5.74, 6) is 0.933. The molecule has 1 aromatic rings. The standard InChI is InChI=1S/C17H28N2O2/c1-4-10-20-16-7-5-15(6-8-16)18-12-17-13-19(14(2)3)9-11-21-17/h5-8,14,17-18H,4,9-13H2,1-3H3. The van der Waals surface area contributed by atoms with Crippen LogP contribution in [0.25, 0.3) is 0 Å². The summed E-state index contributed by atoms with van der Waals surface area (Å²) < 4.78 is 11.4. The van der Waals surface area contributed by atoms with Gasteiger partial charge in [-0.15, -0.1) is 0 Å². The van der Waals surface area contributed by atoms with Crippen molar-refractivity contribution in [3.8, 4) is 5.75 Å². The van der Waals surface area contributed by atoms with Gasteiger partial charge in [-0.25, -0.2) is 0 Å². The van der Waals surface area contributed by atoms with E-state index in [1.165, 1.54) is 0 Å². The Balaban J connectivity index is 1.77. The summed E-state index contributed by atoms with van der Waals surface area (Å²) >= 11 is 0. The first-order chi connectivity index (χ1) is 10.2. The molecular weight excluding hydrogens is 264 g/mol. The van der Waals surface area contributed by atoms with Crippen LogP contribution in [0.4, 0.5) is 5.69 Å². The monoisotopic (exact) mass is 292 g/mol. The van der Waals surface area contributed by atoms with Crippen molar-refractivity contribution >= 4 is 5.69 Å². The Kier molecular flexibility index (Phi) is 6.33. The molecule has 118 valence electrons. The Morgan fingerprint density at radius 1 is 1.33 bits per heavy atom. The summed E-state index contributed by atoms with van der Waals surface area (Å²) in [5.41, 5.74) is 1.11. The largest absolute Gasteiger partial charge is 0.494 e. The van der Waals surface area contributed by atoms with Crippen molar-refractivity contribution in [3.05, 3.63) is 24.3 Å². The molecule has 2 rings (SSSR count). The third kappa shape index (κ3) is 5.21. The zero-order valence-corrected chi connectivity index (χ0v) is 13.5. The smallest absolute Gasteiger partial charge is 0.119 e. The van der Waals surface area contributed by atoms with E-state index in [-0.39, 0.29) is 6.10 Å². The molecule has 0 aromatic heterocycles. The number of hydrogen-bond donors (Lipinski definition) is 1. The number of ether oxygens (including phenoxy) is 2. The van der Waals surface area contributed by atoms with E-state index >= 15 is 0 Å². The van der Waals surface area contributed by atoms with Crippen LogP contribution in [0.1, 0.15) is 27.2 Å². The van der Waals surface area contributed by atoms with Crippen LogP contribution in [0.3, 0.4) is 0 Å². The third-order valence-corrected chi connectivity index (χ3v) is 3.76. The molecule has 1 aromatic carbocycles. The number of anilines is 1. The number of morpholine rings is 1. The molecule has 1 unspecified atom stereocenters. The molecule has 21 heavy (non-hydrogen) atoms. The van der Waals surface area contributed by atoms with Crippen molar-refractivity contribution in [2.45, 2.75) is 39.3 Å². The molecule has 1 heterocycles. The first kappa shape index (κ1) is 16.1. The SMILES string of the molecule is CCCOc1ccc(NCC2CN(C(C)C)CCO2)cc1. The second-order valence-corrected chi connectivity index (χ2v) is 5.84. The molecule has 0 aliphatic carbocycles. The number of hydrogen-bond acceptors (Lipinski definition) is 4. The van der Waals surface area contributed by atoms with Crippen LogP contribution in [0.15, 0.2) is 24.3 Å². The average Bonchev–Trinajstić information content (AvgIpc) is 2.52. The normalized spacial score (nSPS) is 19.7. The highest BCUT2D eigenvalue weighted by molar-refractivity contribution is 5.46. The van der Waals surface area contributed by atoms with Crippen molar-refractivity contribution in [1.29, 1.82) is 0 Å². The predicted molar refractivity (Wildman–Crippen MR) is 87.2 cm³/mol. The summed E-state index contributed by atoms with van der Waals surface area (Å²) in [5, 5.41) is 3.45. The van der Waals surface area contributed by atoms with Crippen molar-refractivity contribution in [3.63, 3.8) is 0 Å². The van der Waals surface area contributed by atoms with Gasteiger partial charge in [0.05, 0.1) is 19.3 Å². The molecule has 0 amide bonds. The van der Waals surface area contributed by atoms with E-state index < -0.39 is 0 Å². The van der Waals surface area contributed by atoms with Crippen LogP contribution in [-0.2, 0) is 4.74 Å². The average molecular weight is 292 g/mol. The molecular formula is C17H28N2O2. The first-order valence-electron chi connectivity index (χ1n) is 8.01. The molecule has 1 aliphatic rings. The lowest BCUT2D eigenvalue weighted by Crippen LogP contribution is -2.48. The third-order valence-electron chi connectivity index (χ3n) is 3.76. The maximum absolute atomic E-state index is 5.83. The lowest BCUT2D eigenvalue weighted by molar-refractivity contribution is -0.0315. The summed E-state index contributed by atoms with van der Waals surface area (Å²) in [6, 6.07) is 8.74. The molecule has 0 saturated carbocycles. The van der Waals surface area contributed by atoms with E-state index in [0.29, 0.717) is 6.04 Å². The van der Waals surface area contributed by atoms with Gasteiger partial charge in [0.25, 0.3) is 0 Å². The molecule has 4 nitrogen and oxygen atoms in total. The Morgan fingerprint density at radius 2 is 2.10 bits per heavy atom. The Labute approximate surface area is 128 Å². The highest BCUT2D eigenvalue weighted by Gasteiger charge is 2.21. The molecule has 1 atom stereocenters. The molecule has 1 saturated heterocycles. The van der Waals surface area contributed by atoms with Crippen molar-refractivity contribution in [1.82, 2.24) is 4.90 Å². The Bertz CT molecular complexity index is 406. The van der Waals surface area contributed by atoms with E-state index in [4.69, 9.17) is 9.47 Å². The van der Waals surface area contributed by atoms with Crippen LogP contribution in [-0.4, -0.2) is 49.9 Å². The fraction of sp³-hybridized carbons (Fsp3) is 0.647. The number of nitrogens with zero attached hydrogens (tertiary/aromatic N) is 1. The maximum Gasteiger partial charge on any atom is 0.119 e. The summed E-state index contributed by atoms with van der Waals surface area (Å²) in [6.45, 7) is 11.1. The van der Waals surface area contributed by atoms with E-state index in [1.807, 2.05) is 12.1 Å². The molecule has 4 heteroatoms. The fourth-order valence-electron chi connectivity index (χ4n) is 2.46. The topological polar surface area (TPSA) is 33.7 Å². The van der Waals surface area contributed by atoms with Gasteiger partial charge in [0, 0.05) is 31.4 Å². The zero-order valence-electron chi connectivity index (χ0n) is 13.5. The van der Waals surface area contributed by atoms with Gasteiger partial charge in [-0.2, -0.15) is 0 Å². The molecule has 1 aliphatic heterocycles. The lowest BCUT2D eigenvalue weighted by atomic mass is 10.2. The van der Waals surface area contributed by atoms with Gasteiger partial charge in [-0.05, 0) is 44.5 Å². The van der Waals surface area contributed by atoms with Gasteiger partial charge in [0.2, 0.25) is 0 Å². The van der Waals surface area contributed by atoms with E-state index in [1.54, 1.807) is 0 Å². The molecule has 0 spiro atoms. The van der Waals surface area contributed by atoms with Gasteiger partial charge < -0.3 is 14.8 Å².